The standard InChI is InChI=1S/C17H17N3OS/c1-11-16(22)9-15(20(11)2)17(21)19-10-12-5-3-7-14-13(12)6-4-8-18-14/h3-9,22H,10H2,1-2H3,(H,19,21). The molecule has 0 radical (unpaired) electrons. The van der Waals surface area contributed by atoms with Gasteiger partial charge in [-0.25, -0.2) is 0 Å². The van der Waals surface area contributed by atoms with Crippen molar-refractivity contribution in [1.29, 1.82) is 0 Å². The fraction of sp³-hybridized carbons (Fsp3) is 0.176. The maximum absolute atomic E-state index is 12.4. The van der Waals surface area contributed by atoms with Crippen LogP contribution in [-0.2, 0) is 13.6 Å². The molecule has 3 rings (SSSR count). The van der Waals surface area contributed by atoms with E-state index in [1.54, 1.807) is 12.3 Å². The predicted molar refractivity (Wildman–Crippen MR) is 90.3 cm³/mol. The minimum atomic E-state index is -0.105. The van der Waals surface area contributed by atoms with E-state index in [0.29, 0.717) is 12.2 Å². The van der Waals surface area contributed by atoms with Crippen molar-refractivity contribution in [1.82, 2.24) is 14.9 Å². The van der Waals surface area contributed by atoms with Crippen LogP contribution in [0.1, 0.15) is 21.7 Å². The fourth-order valence-corrected chi connectivity index (χ4v) is 2.76. The van der Waals surface area contributed by atoms with E-state index in [1.807, 2.05) is 48.9 Å². The number of fused-ring (bicyclic) bond motifs is 1. The Balaban J connectivity index is 1.82. The SMILES string of the molecule is Cc1c(S)cc(C(=O)NCc2cccc3ncccc23)n1C. The summed E-state index contributed by atoms with van der Waals surface area (Å²) in [5, 5.41) is 4.03. The third-order valence-corrected chi connectivity index (χ3v) is 4.37. The molecule has 0 aliphatic rings. The first-order valence-electron chi connectivity index (χ1n) is 7.04. The lowest BCUT2D eigenvalue weighted by Crippen LogP contribution is -2.25. The highest BCUT2D eigenvalue weighted by molar-refractivity contribution is 7.80. The maximum atomic E-state index is 12.4. The second-order valence-corrected chi connectivity index (χ2v) is 5.71. The molecule has 0 atom stereocenters. The minimum absolute atomic E-state index is 0.105. The van der Waals surface area contributed by atoms with Gasteiger partial charge in [0.05, 0.1) is 5.52 Å². The largest absolute Gasteiger partial charge is 0.347 e. The van der Waals surface area contributed by atoms with Crippen LogP contribution in [0.3, 0.4) is 0 Å². The van der Waals surface area contributed by atoms with Crippen LogP contribution in [0.4, 0.5) is 0 Å². The molecule has 0 fully saturated rings. The van der Waals surface area contributed by atoms with Crippen LogP contribution in [0, 0.1) is 6.92 Å². The number of hydrogen-bond donors (Lipinski definition) is 2. The molecule has 0 aliphatic heterocycles. The molecule has 0 bridgehead atoms. The van der Waals surface area contributed by atoms with E-state index >= 15 is 0 Å². The Labute approximate surface area is 134 Å². The van der Waals surface area contributed by atoms with Gasteiger partial charge in [0.2, 0.25) is 0 Å². The number of benzene rings is 1. The Morgan fingerprint density at radius 1 is 1.32 bits per heavy atom. The molecule has 0 aliphatic carbocycles. The Bertz CT molecular complexity index is 849. The summed E-state index contributed by atoms with van der Waals surface area (Å²) in [4.78, 5) is 17.5. The zero-order valence-electron chi connectivity index (χ0n) is 12.5. The monoisotopic (exact) mass is 311 g/mol. The van der Waals surface area contributed by atoms with Gasteiger partial charge in [0.25, 0.3) is 5.91 Å². The highest BCUT2D eigenvalue weighted by Crippen LogP contribution is 2.19. The number of nitrogens with one attached hydrogen (secondary N) is 1. The quantitative estimate of drug-likeness (QED) is 0.730. The van der Waals surface area contributed by atoms with Crippen LogP contribution in [0.25, 0.3) is 10.9 Å². The van der Waals surface area contributed by atoms with Crippen LogP contribution >= 0.6 is 12.6 Å². The third-order valence-electron chi connectivity index (χ3n) is 3.92. The van der Waals surface area contributed by atoms with Gasteiger partial charge in [-0.05, 0) is 30.7 Å². The number of hydrogen-bond acceptors (Lipinski definition) is 3. The van der Waals surface area contributed by atoms with Crippen molar-refractivity contribution >= 4 is 29.4 Å². The molecule has 112 valence electrons. The van der Waals surface area contributed by atoms with Gasteiger partial charge in [-0.2, -0.15) is 0 Å². The molecule has 2 aromatic heterocycles. The number of carbonyl (C=O) groups is 1. The highest BCUT2D eigenvalue weighted by atomic mass is 32.1. The van der Waals surface area contributed by atoms with E-state index in [4.69, 9.17) is 0 Å². The number of nitrogens with zero attached hydrogens (tertiary/aromatic N) is 2. The van der Waals surface area contributed by atoms with Crippen LogP contribution in [0.15, 0.2) is 47.5 Å². The molecular weight excluding hydrogens is 294 g/mol. The third kappa shape index (κ3) is 2.60. The molecule has 22 heavy (non-hydrogen) atoms. The van der Waals surface area contributed by atoms with Crippen molar-refractivity contribution in [3.8, 4) is 0 Å². The van der Waals surface area contributed by atoms with E-state index in [-0.39, 0.29) is 5.91 Å². The molecule has 1 amide bonds. The summed E-state index contributed by atoms with van der Waals surface area (Å²) in [5.41, 5.74) is 3.57. The summed E-state index contributed by atoms with van der Waals surface area (Å²) < 4.78 is 1.85. The van der Waals surface area contributed by atoms with Crippen LogP contribution < -0.4 is 5.32 Å². The molecule has 5 heteroatoms. The van der Waals surface area contributed by atoms with Crippen LogP contribution in [0.2, 0.25) is 0 Å². The fourth-order valence-electron chi connectivity index (χ4n) is 2.49. The van der Waals surface area contributed by atoms with Crippen molar-refractivity contribution in [3.05, 3.63) is 59.5 Å². The maximum Gasteiger partial charge on any atom is 0.268 e. The van der Waals surface area contributed by atoms with Crippen molar-refractivity contribution < 1.29 is 4.79 Å². The number of amides is 1. The van der Waals surface area contributed by atoms with Crippen molar-refractivity contribution in [2.45, 2.75) is 18.4 Å². The average molecular weight is 311 g/mol. The first-order valence-corrected chi connectivity index (χ1v) is 7.48. The Morgan fingerprint density at radius 3 is 2.86 bits per heavy atom. The lowest BCUT2D eigenvalue weighted by molar-refractivity contribution is 0.0942. The number of thiol groups is 1. The van der Waals surface area contributed by atoms with Gasteiger partial charge in [-0.15, -0.1) is 12.6 Å². The number of aromatic nitrogens is 2. The summed E-state index contributed by atoms with van der Waals surface area (Å²) in [5.74, 6) is -0.105. The summed E-state index contributed by atoms with van der Waals surface area (Å²) in [6.45, 7) is 2.41. The first-order chi connectivity index (χ1) is 10.6. The second kappa shape index (κ2) is 5.85. The van der Waals surface area contributed by atoms with E-state index in [0.717, 1.165) is 27.1 Å². The van der Waals surface area contributed by atoms with Crippen LogP contribution in [-0.4, -0.2) is 15.5 Å². The lowest BCUT2D eigenvalue weighted by Gasteiger charge is -2.09. The highest BCUT2D eigenvalue weighted by Gasteiger charge is 2.14. The number of carbonyl (C=O) groups excluding carboxylic acids is 1. The smallest absolute Gasteiger partial charge is 0.268 e. The summed E-state index contributed by atoms with van der Waals surface area (Å²) in [6.07, 6.45) is 1.77. The van der Waals surface area contributed by atoms with Gasteiger partial charge >= 0.3 is 0 Å². The Morgan fingerprint density at radius 2 is 2.14 bits per heavy atom. The first kappa shape index (κ1) is 14.7. The molecule has 1 aromatic carbocycles. The van der Waals surface area contributed by atoms with E-state index in [9.17, 15) is 4.79 Å². The van der Waals surface area contributed by atoms with Crippen molar-refractivity contribution in [2.75, 3.05) is 0 Å². The van der Waals surface area contributed by atoms with Gasteiger partial charge < -0.3 is 9.88 Å². The zero-order chi connectivity index (χ0) is 15.7. The molecule has 0 saturated heterocycles. The lowest BCUT2D eigenvalue weighted by atomic mass is 10.1. The van der Waals surface area contributed by atoms with E-state index < -0.39 is 0 Å². The Hall–Kier alpha value is -2.27. The van der Waals surface area contributed by atoms with E-state index in [1.165, 1.54) is 0 Å². The summed E-state index contributed by atoms with van der Waals surface area (Å²) in [7, 11) is 1.87. The average Bonchev–Trinajstić information content (AvgIpc) is 2.80. The second-order valence-electron chi connectivity index (χ2n) is 5.23. The predicted octanol–water partition coefficient (Wildman–Crippen LogP) is 3.10. The van der Waals surface area contributed by atoms with Gasteiger partial charge in [-0.1, -0.05) is 18.2 Å². The molecule has 4 nitrogen and oxygen atoms in total. The molecule has 1 N–H and O–H groups in total. The van der Waals surface area contributed by atoms with Gasteiger partial charge in [-0.3, -0.25) is 9.78 Å². The molecular formula is C17H17N3OS. The summed E-state index contributed by atoms with van der Waals surface area (Å²) >= 11 is 4.36. The minimum Gasteiger partial charge on any atom is -0.347 e. The molecule has 0 unspecified atom stereocenters. The van der Waals surface area contributed by atoms with Crippen molar-refractivity contribution in [3.63, 3.8) is 0 Å². The van der Waals surface area contributed by atoms with Gasteiger partial charge in [0, 0.05) is 35.8 Å². The normalized spacial score (nSPS) is 10.9. The summed E-state index contributed by atoms with van der Waals surface area (Å²) in [6, 6.07) is 11.6. The topological polar surface area (TPSA) is 46.9 Å². The van der Waals surface area contributed by atoms with Crippen molar-refractivity contribution in [2.24, 2.45) is 7.05 Å². The van der Waals surface area contributed by atoms with Crippen LogP contribution in [0.5, 0.6) is 0 Å². The number of rotatable bonds is 3. The number of pyridine rings is 1. The molecule has 2 heterocycles. The molecule has 3 aromatic rings. The van der Waals surface area contributed by atoms with Gasteiger partial charge in [0.15, 0.2) is 0 Å². The Kier molecular flexibility index (Phi) is 3.90. The van der Waals surface area contributed by atoms with E-state index in [2.05, 4.69) is 22.9 Å². The molecule has 0 saturated carbocycles. The zero-order valence-corrected chi connectivity index (χ0v) is 13.4. The van der Waals surface area contributed by atoms with Gasteiger partial charge in [0.1, 0.15) is 5.69 Å². The molecule has 0 spiro atoms.